The summed E-state index contributed by atoms with van der Waals surface area (Å²) in [6.45, 7) is 10.9. The molecule has 2 amide bonds. The third kappa shape index (κ3) is 6.04. The lowest BCUT2D eigenvalue weighted by Crippen LogP contribution is -2.50. The molecule has 3 aromatic rings. The molecule has 5 rings (SSSR count). The standard InChI is InChI=1S/C27H36N8O5S2/c1-17(15-33-11-13-34(14-12-33)42(39,40)24-18(2)31-25(41-24)32-26(37)38)30-22-19-7-5-8-20(21(19)28-16-29-22)23(36)35-10-6-9-27(35,3)4/h5,7-8,16-17H,6,9-15H2,1-4H3,(H,31,32)(H,37,38)(H,28,29,30). The number of para-hydroxylation sites is 1. The second-order valence-corrected chi connectivity index (χ2v) is 14.5. The molecule has 2 aliphatic rings. The molecule has 4 heterocycles. The molecule has 2 aromatic heterocycles. The summed E-state index contributed by atoms with van der Waals surface area (Å²) in [5, 5.41) is 15.3. The van der Waals surface area contributed by atoms with Gasteiger partial charge in [-0.15, -0.1) is 0 Å². The van der Waals surface area contributed by atoms with Crippen LogP contribution in [-0.4, -0.2) is 105 Å². The van der Waals surface area contributed by atoms with Crippen molar-refractivity contribution in [3.8, 4) is 0 Å². The van der Waals surface area contributed by atoms with Crippen molar-refractivity contribution in [2.75, 3.05) is 49.9 Å². The summed E-state index contributed by atoms with van der Waals surface area (Å²) < 4.78 is 28.0. The Morgan fingerprint density at radius 1 is 1.14 bits per heavy atom. The molecule has 1 atom stereocenters. The minimum Gasteiger partial charge on any atom is -0.465 e. The number of carbonyl (C=O) groups is 2. The Labute approximate surface area is 249 Å². The number of benzene rings is 1. The summed E-state index contributed by atoms with van der Waals surface area (Å²) in [7, 11) is -3.79. The first-order valence-corrected chi connectivity index (χ1v) is 16.1. The van der Waals surface area contributed by atoms with E-state index in [0.29, 0.717) is 49.6 Å². The fraction of sp³-hybridized carbons (Fsp3) is 0.519. The average Bonchev–Trinajstić information content (AvgIpc) is 3.48. The van der Waals surface area contributed by atoms with Crippen LogP contribution in [0, 0.1) is 6.92 Å². The summed E-state index contributed by atoms with van der Waals surface area (Å²) in [6.07, 6.45) is 2.14. The number of thiazole rings is 1. The number of rotatable bonds is 8. The minimum atomic E-state index is -3.79. The summed E-state index contributed by atoms with van der Waals surface area (Å²) in [4.78, 5) is 41.5. The number of fused-ring (bicyclic) bond motifs is 1. The fourth-order valence-corrected chi connectivity index (χ4v) is 8.67. The first-order valence-electron chi connectivity index (χ1n) is 13.9. The molecule has 15 heteroatoms. The number of aryl methyl sites for hydroxylation is 1. The largest absolute Gasteiger partial charge is 0.465 e. The number of sulfonamides is 1. The molecule has 2 aliphatic heterocycles. The second kappa shape index (κ2) is 11.7. The van der Waals surface area contributed by atoms with Crippen LogP contribution in [0.2, 0.25) is 0 Å². The Morgan fingerprint density at radius 3 is 2.55 bits per heavy atom. The zero-order chi connectivity index (χ0) is 30.2. The first kappa shape index (κ1) is 30.1. The number of hydrogen-bond acceptors (Lipinski definition) is 10. The van der Waals surface area contributed by atoms with Crippen molar-refractivity contribution in [2.45, 2.75) is 56.3 Å². The van der Waals surface area contributed by atoms with Crippen LogP contribution in [0.15, 0.2) is 28.7 Å². The Bertz CT molecular complexity index is 1600. The van der Waals surface area contributed by atoms with Crippen molar-refractivity contribution in [1.29, 1.82) is 0 Å². The summed E-state index contributed by atoms with van der Waals surface area (Å²) in [6, 6.07) is 5.59. The van der Waals surface area contributed by atoms with Gasteiger partial charge in [-0.3, -0.25) is 15.0 Å². The number of hydrogen-bond donors (Lipinski definition) is 3. The van der Waals surface area contributed by atoms with Crippen molar-refractivity contribution >= 4 is 55.2 Å². The Balaban J connectivity index is 1.22. The van der Waals surface area contributed by atoms with E-state index in [4.69, 9.17) is 5.11 Å². The van der Waals surface area contributed by atoms with E-state index in [1.54, 1.807) is 6.92 Å². The van der Waals surface area contributed by atoms with Crippen molar-refractivity contribution in [1.82, 2.24) is 29.1 Å². The van der Waals surface area contributed by atoms with Crippen molar-refractivity contribution in [2.24, 2.45) is 0 Å². The number of carboxylic acid groups (broad SMARTS) is 1. The van der Waals surface area contributed by atoms with Crippen LogP contribution in [0.5, 0.6) is 0 Å². The molecule has 2 fully saturated rings. The first-order chi connectivity index (χ1) is 19.9. The van der Waals surface area contributed by atoms with E-state index in [1.165, 1.54) is 10.6 Å². The summed E-state index contributed by atoms with van der Waals surface area (Å²) >= 11 is 0.819. The molecule has 226 valence electrons. The number of piperazine rings is 1. The van der Waals surface area contributed by atoms with E-state index in [-0.39, 0.29) is 32.5 Å². The molecule has 42 heavy (non-hydrogen) atoms. The van der Waals surface area contributed by atoms with Gasteiger partial charge in [-0.1, -0.05) is 17.4 Å². The van der Waals surface area contributed by atoms with E-state index in [9.17, 15) is 18.0 Å². The smallest absolute Gasteiger partial charge is 0.410 e. The number of nitrogens with one attached hydrogen (secondary N) is 2. The lowest BCUT2D eigenvalue weighted by Gasteiger charge is -2.35. The summed E-state index contributed by atoms with van der Waals surface area (Å²) in [5.74, 6) is 0.631. The Hall–Kier alpha value is -3.40. The van der Waals surface area contributed by atoms with Gasteiger partial charge in [0.2, 0.25) is 0 Å². The van der Waals surface area contributed by atoms with E-state index >= 15 is 0 Å². The van der Waals surface area contributed by atoms with Gasteiger partial charge in [0.1, 0.15) is 12.1 Å². The number of anilines is 2. The molecule has 0 bridgehead atoms. The Morgan fingerprint density at radius 2 is 1.88 bits per heavy atom. The van der Waals surface area contributed by atoms with Crippen LogP contribution in [0.3, 0.4) is 0 Å². The maximum absolute atomic E-state index is 13.5. The average molecular weight is 617 g/mol. The highest BCUT2D eigenvalue weighted by Gasteiger charge is 2.37. The van der Waals surface area contributed by atoms with Gasteiger partial charge in [0, 0.05) is 56.2 Å². The van der Waals surface area contributed by atoms with E-state index in [1.807, 2.05) is 30.0 Å². The lowest BCUT2D eigenvalue weighted by molar-refractivity contribution is 0.0653. The predicted molar refractivity (Wildman–Crippen MR) is 161 cm³/mol. The highest BCUT2D eigenvalue weighted by atomic mass is 32.2. The molecule has 0 saturated carbocycles. The molecule has 3 N–H and O–H groups in total. The van der Waals surface area contributed by atoms with Gasteiger partial charge in [-0.2, -0.15) is 4.31 Å². The molecular formula is C27H36N8O5S2. The molecular weight excluding hydrogens is 580 g/mol. The van der Waals surface area contributed by atoms with E-state index in [2.05, 4.69) is 44.3 Å². The van der Waals surface area contributed by atoms with Gasteiger partial charge in [-0.05, 0) is 52.7 Å². The third-order valence-electron chi connectivity index (χ3n) is 7.83. The molecule has 0 spiro atoms. The van der Waals surface area contributed by atoms with Crippen LogP contribution < -0.4 is 10.6 Å². The van der Waals surface area contributed by atoms with Gasteiger partial charge in [0.05, 0.1) is 16.8 Å². The minimum absolute atomic E-state index is 0.0171. The number of amides is 2. The number of carbonyl (C=O) groups excluding carboxylic acids is 1. The maximum atomic E-state index is 13.5. The van der Waals surface area contributed by atoms with Crippen molar-refractivity contribution in [3.63, 3.8) is 0 Å². The zero-order valence-electron chi connectivity index (χ0n) is 24.1. The molecule has 13 nitrogen and oxygen atoms in total. The number of likely N-dealkylation sites (tertiary alicyclic amines) is 1. The molecule has 0 aliphatic carbocycles. The third-order valence-corrected chi connectivity index (χ3v) is 11.4. The SMILES string of the molecule is Cc1nc(NC(=O)O)sc1S(=O)(=O)N1CCN(CC(C)Nc2ncnc3c(C(=O)N4CCCC4(C)C)cccc23)CC1. The highest BCUT2D eigenvalue weighted by Crippen LogP contribution is 2.33. The van der Waals surface area contributed by atoms with Gasteiger partial charge in [-0.25, -0.2) is 28.2 Å². The summed E-state index contributed by atoms with van der Waals surface area (Å²) in [5.41, 5.74) is 1.27. The normalized spacial score (nSPS) is 18.7. The number of nitrogens with zero attached hydrogens (tertiary/aromatic N) is 6. The molecule has 0 radical (unpaired) electrons. The van der Waals surface area contributed by atoms with Crippen molar-refractivity contribution < 1.29 is 23.1 Å². The van der Waals surface area contributed by atoms with Gasteiger partial charge in [0.25, 0.3) is 15.9 Å². The zero-order valence-corrected chi connectivity index (χ0v) is 25.8. The van der Waals surface area contributed by atoms with Crippen LogP contribution in [-0.2, 0) is 10.0 Å². The molecule has 2 saturated heterocycles. The fourth-order valence-electron chi connectivity index (χ4n) is 5.71. The lowest BCUT2D eigenvalue weighted by atomic mass is 10.0. The van der Waals surface area contributed by atoms with Gasteiger partial charge < -0.3 is 15.3 Å². The predicted octanol–water partition coefficient (Wildman–Crippen LogP) is 3.31. The van der Waals surface area contributed by atoms with Crippen LogP contribution >= 0.6 is 11.3 Å². The molecule has 1 aromatic carbocycles. The van der Waals surface area contributed by atoms with Crippen LogP contribution in [0.4, 0.5) is 15.7 Å². The van der Waals surface area contributed by atoms with E-state index < -0.39 is 16.1 Å². The second-order valence-electron chi connectivity index (χ2n) is 11.4. The van der Waals surface area contributed by atoms with Crippen LogP contribution in [0.25, 0.3) is 10.9 Å². The molecule has 1 unspecified atom stereocenters. The number of aromatic nitrogens is 3. The van der Waals surface area contributed by atoms with Crippen molar-refractivity contribution in [3.05, 3.63) is 35.8 Å². The maximum Gasteiger partial charge on any atom is 0.410 e. The van der Waals surface area contributed by atoms with Crippen LogP contribution in [0.1, 0.15) is 49.7 Å². The quantitative estimate of drug-likeness (QED) is 0.342. The van der Waals surface area contributed by atoms with E-state index in [0.717, 1.165) is 36.1 Å². The van der Waals surface area contributed by atoms with Gasteiger partial charge in [0.15, 0.2) is 9.34 Å². The highest BCUT2D eigenvalue weighted by molar-refractivity contribution is 7.91. The monoisotopic (exact) mass is 616 g/mol. The Kier molecular flexibility index (Phi) is 8.38. The van der Waals surface area contributed by atoms with Gasteiger partial charge >= 0.3 is 6.09 Å². The topological polar surface area (TPSA) is 161 Å².